The summed E-state index contributed by atoms with van der Waals surface area (Å²) in [5, 5.41) is 0. The van der Waals surface area contributed by atoms with Crippen LogP contribution >= 0.6 is 0 Å². The van der Waals surface area contributed by atoms with Crippen LogP contribution in [0.2, 0.25) is 0 Å². The van der Waals surface area contributed by atoms with E-state index in [2.05, 4.69) is 52.3 Å². The van der Waals surface area contributed by atoms with Gasteiger partial charge >= 0.3 is 0 Å². The van der Waals surface area contributed by atoms with Gasteiger partial charge in [-0.15, -0.1) is 0 Å². The lowest BCUT2D eigenvalue weighted by atomic mass is 9.77. The molecule has 0 N–H and O–H groups in total. The van der Waals surface area contributed by atoms with Crippen molar-refractivity contribution in [3.8, 4) is 0 Å². The lowest BCUT2D eigenvalue weighted by Crippen LogP contribution is -2.56. The van der Waals surface area contributed by atoms with E-state index in [9.17, 15) is 0 Å². The van der Waals surface area contributed by atoms with Crippen LogP contribution in [0.25, 0.3) is 0 Å². The molecule has 4 rings (SSSR count). The zero-order valence-electron chi connectivity index (χ0n) is 12.8. The van der Waals surface area contributed by atoms with Crippen molar-refractivity contribution in [2.45, 2.75) is 25.5 Å². The number of likely N-dealkylation sites (tertiary alicyclic amines) is 1. The molecule has 2 aromatic rings. The Morgan fingerprint density at radius 2 is 1.82 bits per heavy atom. The van der Waals surface area contributed by atoms with Crippen LogP contribution in [0.5, 0.6) is 0 Å². The van der Waals surface area contributed by atoms with Gasteiger partial charge in [0.1, 0.15) is 0 Å². The Kier molecular flexibility index (Phi) is 3.68. The maximum Gasteiger partial charge on any atom is 0.0622 e. The molecule has 0 amide bonds. The molecule has 2 aliphatic rings. The molecule has 1 spiro atoms. The maximum atomic E-state index is 6.08. The van der Waals surface area contributed by atoms with E-state index in [1.165, 1.54) is 30.6 Å². The third-order valence-corrected chi connectivity index (χ3v) is 4.87. The van der Waals surface area contributed by atoms with Gasteiger partial charge in [-0.3, -0.25) is 9.88 Å². The molecule has 1 aromatic carbocycles. The number of hydrogen-bond donors (Lipinski definition) is 0. The van der Waals surface area contributed by atoms with Crippen LogP contribution in [0.1, 0.15) is 17.5 Å². The SMILES string of the molecule is c1ccc(CC2CC3(CO2)CN(Cc2ccncc2)C3)cc1. The van der Waals surface area contributed by atoms with E-state index in [-0.39, 0.29) is 0 Å². The van der Waals surface area contributed by atoms with E-state index >= 15 is 0 Å². The Morgan fingerprint density at radius 1 is 1.05 bits per heavy atom. The fraction of sp³-hybridized carbons (Fsp3) is 0.421. The van der Waals surface area contributed by atoms with Crippen LogP contribution in [-0.2, 0) is 17.7 Å². The minimum atomic E-state index is 0.394. The van der Waals surface area contributed by atoms with Crippen molar-refractivity contribution in [1.29, 1.82) is 0 Å². The van der Waals surface area contributed by atoms with E-state index < -0.39 is 0 Å². The minimum absolute atomic E-state index is 0.394. The first kappa shape index (κ1) is 13.9. The summed E-state index contributed by atoms with van der Waals surface area (Å²) in [5.74, 6) is 0. The Labute approximate surface area is 131 Å². The van der Waals surface area contributed by atoms with Gasteiger partial charge in [0.25, 0.3) is 0 Å². The van der Waals surface area contributed by atoms with Crippen molar-refractivity contribution in [3.63, 3.8) is 0 Å². The number of pyridine rings is 1. The van der Waals surface area contributed by atoms with E-state index in [1.54, 1.807) is 0 Å². The highest BCUT2D eigenvalue weighted by Gasteiger charge is 2.48. The van der Waals surface area contributed by atoms with Crippen LogP contribution < -0.4 is 0 Å². The Bertz CT molecular complexity index is 608. The highest BCUT2D eigenvalue weighted by molar-refractivity contribution is 5.17. The number of ether oxygens (including phenoxy) is 1. The van der Waals surface area contributed by atoms with Gasteiger partial charge in [0.2, 0.25) is 0 Å². The molecule has 1 aromatic heterocycles. The smallest absolute Gasteiger partial charge is 0.0622 e. The molecule has 114 valence electrons. The second-order valence-electron chi connectivity index (χ2n) is 6.83. The molecule has 3 heterocycles. The van der Waals surface area contributed by atoms with Crippen molar-refractivity contribution >= 4 is 0 Å². The van der Waals surface area contributed by atoms with Crippen molar-refractivity contribution in [2.75, 3.05) is 19.7 Å². The summed E-state index contributed by atoms with van der Waals surface area (Å²) < 4.78 is 6.08. The monoisotopic (exact) mass is 294 g/mol. The number of rotatable bonds is 4. The molecule has 0 aliphatic carbocycles. The molecular weight excluding hydrogens is 272 g/mol. The predicted octanol–water partition coefficient (Wildman–Crippen LogP) is 2.92. The van der Waals surface area contributed by atoms with Crippen molar-refractivity contribution in [1.82, 2.24) is 9.88 Å². The quantitative estimate of drug-likeness (QED) is 0.867. The first-order valence-corrected chi connectivity index (χ1v) is 8.08. The Balaban J connectivity index is 1.29. The summed E-state index contributed by atoms with van der Waals surface area (Å²) in [6.07, 6.45) is 6.39. The van der Waals surface area contributed by atoms with Gasteiger partial charge in [0.15, 0.2) is 0 Å². The highest BCUT2D eigenvalue weighted by Crippen LogP contribution is 2.42. The van der Waals surface area contributed by atoms with Gasteiger partial charge in [-0.25, -0.2) is 0 Å². The molecule has 1 unspecified atom stereocenters. The molecular formula is C19H22N2O. The van der Waals surface area contributed by atoms with E-state index in [0.29, 0.717) is 11.5 Å². The molecule has 22 heavy (non-hydrogen) atoms. The van der Waals surface area contributed by atoms with Gasteiger partial charge in [-0.05, 0) is 36.1 Å². The third-order valence-electron chi connectivity index (χ3n) is 4.87. The van der Waals surface area contributed by atoms with Crippen molar-refractivity contribution in [2.24, 2.45) is 5.41 Å². The average Bonchev–Trinajstić information content (AvgIpc) is 2.93. The fourth-order valence-corrected chi connectivity index (χ4v) is 3.88. The molecule has 2 fully saturated rings. The average molecular weight is 294 g/mol. The normalized spacial score (nSPS) is 23.5. The lowest BCUT2D eigenvalue weighted by molar-refractivity contribution is -0.0140. The number of hydrogen-bond acceptors (Lipinski definition) is 3. The van der Waals surface area contributed by atoms with Crippen molar-refractivity contribution < 1.29 is 4.74 Å². The topological polar surface area (TPSA) is 25.4 Å². The highest BCUT2D eigenvalue weighted by atomic mass is 16.5. The van der Waals surface area contributed by atoms with Crippen molar-refractivity contribution in [3.05, 3.63) is 66.0 Å². The summed E-state index contributed by atoms with van der Waals surface area (Å²) in [4.78, 5) is 6.60. The summed E-state index contributed by atoms with van der Waals surface area (Å²) in [6, 6.07) is 14.9. The number of aromatic nitrogens is 1. The Hall–Kier alpha value is -1.71. The zero-order valence-corrected chi connectivity index (χ0v) is 12.8. The van der Waals surface area contributed by atoms with Crippen LogP contribution in [0, 0.1) is 5.41 Å². The largest absolute Gasteiger partial charge is 0.377 e. The molecule has 0 radical (unpaired) electrons. The second kappa shape index (κ2) is 5.82. The fourth-order valence-electron chi connectivity index (χ4n) is 3.88. The zero-order chi connectivity index (χ0) is 14.8. The standard InChI is InChI=1S/C19H22N2O/c1-2-4-16(5-3-1)10-18-11-19(15-22-18)13-21(14-19)12-17-6-8-20-9-7-17/h1-9,18H,10-15H2. The van der Waals surface area contributed by atoms with Crippen LogP contribution in [0.15, 0.2) is 54.9 Å². The lowest BCUT2D eigenvalue weighted by Gasteiger charge is -2.47. The molecule has 3 heteroatoms. The summed E-state index contributed by atoms with van der Waals surface area (Å²) in [6.45, 7) is 4.30. The molecule has 2 saturated heterocycles. The van der Waals surface area contributed by atoms with Gasteiger partial charge in [0, 0.05) is 37.4 Å². The minimum Gasteiger partial charge on any atom is -0.377 e. The van der Waals surface area contributed by atoms with Crippen LogP contribution in [0.3, 0.4) is 0 Å². The third kappa shape index (κ3) is 2.92. The van der Waals surface area contributed by atoms with Gasteiger partial charge in [0.05, 0.1) is 12.7 Å². The van der Waals surface area contributed by atoms with Crippen LogP contribution in [0.4, 0.5) is 0 Å². The Morgan fingerprint density at radius 3 is 2.59 bits per heavy atom. The first-order valence-electron chi connectivity index (χ1n) is 8.08. The summed E-state index contributed by atoms with van der Waals surface area (Å²) in [7, 11) is 0. The summed E-state index contributed by atoms with van der Waals surface area (Å²) in [5.41, 5.74) is 3.15. The maximum absolute atomic E-state index is 6.08. The van der Waals surface area contributed by atoms with Crippen LogP contribution in [-0.4, -0.2) is 35.7 Å². The van der Waals surface area contributed by atoms with E-state index in [4.69, 9.17) is 4.74 Å². The molecule has 1 atom stereocenters. The van der Waals surface area contributed by atoms with Gasteiger partial charge in [-0.2, -0.15) is 0 Å². The summed E-state index contributed by atoms with van der Waals surface area (Å²) >= 11 is 0. The molecule has 3 nitrogen and oxygen atoms in total. The second-order valence-corrected chi connectivity index (χ2v) is 6.83. The molecule has 0 saturated carbocycles. The first-order chi connectivity index (χ1) is 10.8. The number of nitrogens with zero attached hydrogens (tertiary/aromatic N) is 2. The predicted molar refractivity (Wildman–Crippen MR) is 86.5 cm³/mol. The van der Waals surface area contributed by atoms with Gasteiger partial charge in [-0.1, -0.05) is 30.3 Å². The molecule has 0 bridgehead atoms. The van der Waals surface area contributed by atoms with E-state index in [0.717, 1.165) is 19.6 Å². The number of benzene rings is 1. The van der Waals surface area contributed by atoms with E-state index in [1.807, 2.05) is 12.4 Å². The molecule has 2 aliphatic heterocycles. The van der Waals surface area contributed by atoms with Gasteiger partial charge < -0.3 is 4.74 Å².